The fraction of sp³-hybridized carbons (Fsp3) is 0.360. The number of carbonyl (C=O) groups excluding carboxylic acids is 4. The number of alkyl carbamates (subject to hydrolysis) is 1. The van der Waals surface area contributed by atoms with E-state index in [4.69, 9.17) is 9.47 Å². The first-order chi connectivity index (χ1) is 16.1. The van der Waals surface area contributed by atoms with Crippen LogP contribution >= 0.6 is 0 Å². The zero-order valence-electron chi connectivity index (χ0n) is 19.5. The molecule has 0 bridgehead atoms. The summed E-state index contributed by atoms with van der Waals surface area (Å²) in [6.07, 6.45) is -0.734. The van der Waals surface area contributed by atoms with Crippen LogP contribution in [-0.4, -0.2) is 55.7 Å². The van der Waals surface area contributed by atoms with Crippen LogP contribution in [0.25, 0.3) is 11.1 Å². The third kappa shape index (κ3) is 6.81. The SMILES string of the molecule is CC(C)(C)OC(=O)NCC(=O)NCC(=O)NCC(=O)OCC1c2ccccc2-c2ccccc21. The van der Waals surface area contributed by atoms with E-state index < -0.39 is 29.5 Å². The largest absolute Gasteiger partial charge is 0.463 e. The molecule has 9 nitrogen and oxygen atoms in total. The molecule has 9 heteroatoms. The van der Waals surface area contributed by atoms with Gasteiger partial charge in [0.2, 0.25) is 11.8 Å². The molecule has 2 aromatic rings. The first-order valence-electron chi connectivity index (χ1n) is 11.0. The Kier molecular flexibility index (Phi) is 7.88. The molecule has 3 rings (SSSR count). The lowest BCUT2D eigenvalue weighted by Gasteiger charge is -2.19. The summed E-state index contributed by atoms with van der Waals surface area (Å²) in [7, 11) is 0. The summed E-state index contributed by atoms with van der Waals surface area (Å²) in [6.45, 7) is 4.27. The molecular formula is C25H29N3O6. The molecular weight excluding hydrogens is 438 g/mol. The third-order valence-corrected chi connectivity index (χ3v) is 5.04. The zero-order chi connectivity index (χ0) is 24.7. The number of hydrogen-bond acceptors (Lipinski definition) is 6. The Labute approximate surface area is 198 Å². The Bertz CT molecular complexity index is 1030. The van der Waals surface area contributed by atoms with E-state index in [0.717, 1.165) is 22.3 Å². The molecule has 3 N–H and O–H groups in total. The van der Waals surface area contributed by atoms with E-state index in [9.17, 15) is 19.2 Å². The maximum absolute atomic E-state index is 12.2. The minimum absolute atomic E-state index is 0.0659. The van der Waals surface area contributed by atoms with E-state index in [2.05, 4.69) is 16.0 Å². The summed E-state index contributed by atoms with van der Waals surface area (Å²) in [4.78, 5) is 47.4. The summed E-state index contributed by atoms with van der Waals surface area (Å²) >= 11 is 0. The highest BCUT2D eigenvalue weighted by molar-refractivity contribution is 5.88. The van der Waals surface area contributed by atoms with Crippen molar-refractivity contribution in [3.05, 3.63) is 59.7 Å². The Hall–Kier alpha value is -3.88. The number of fused-ring (bicyclic) bond motifs is 3. The van der Waals surface area contributed by atoms with Gasteiger partial charge < -0.3 is 25.4 Å². The third-order valence-electron chi connectivity index (χ3n) is 5.04. The van der Waals surface area contributed by atoms with Gasteiger partial charge in [0.15, 0.2) is 0 Å². The van der Waals surface area contributed by atoms with Gasteiger partial charge in [-0.15, -0.1) is 0 Å². The standard InChI is InChI=1S/C25H29N3O6/c1-25(2,3)34-24(32)28-13-22(30)26-12-21(29)27-14-23(31)33-15-20-18-10-6-4-8-16(18)17-9-5-7-11-19(17)20/h4-11,20H,12-15H2,1-3H3,(H,26,30)(H,27,29)(H,28,32). The van der Waals surface area contributed by atoms with Gasteiger partial charge in [-0.2, -0.15) is 0 Å². The van der Waals surface area contributed by atoms with Crippen LogP contribution in [0.5, 0.6) is 0 Å². The van der Waals surface area contributed by atoms with Crippen LogP contribution in [0.3, 0.4) is 0 Å². The van der Waals surface area contributed by atoms with E-state index in [-0.39, 0.29) is 32.2 Å². The van der Waals surface area contributed by atoms with Crippen molar-refractivity contribution in [3.8, 4) is 11.1 Å². The van der Waals surface area contributed by atoms with Crippen LogP contribution in [0.2, 0.25) is 0 Å². The van der Waals surface area contributed by atoms with Gasteiger partial charge in [0.25, 0.3) is 0 Å². The predicted molar refractivity (Wildman–Crippen MR) is 125 cm³/mol. The molecule has 0 radical (unpaired) electrons. The second-order valence-corrected chi connectivity index (χ2v) is 8.82. The monoisotopic (exact) mass is 467 g/mol. The molecule has 1 aliphatic rings. The van der Waals surface area contributed by atoms with Crippen LogP contribution in [0, 0.1) is 0 Å². The van der Waals surface area contributed by atoms with Crippen LogP contribution in [-0.2, 0) is 23.9 Å². The van der Waals surface area contributed by atoms with Crippen molar-refractivity contribution in [3.63, 3.8) is 0 Å². The molecule has 34 heavy (non-hydrogen) atoms. The molecule has 3 amide bonds. The van der Waals surface area contributed by atoms with Gasteiger partial charge >= 0.3 is 12.1 Å². The van der Waals surface area contributed by atoms with Gasteiger partial charge in [0.1, 0.15) is 25.3 Å². The van der Waals surface area contributed by atoms with Crippen molar-refractivity contribution in [2.45, 2.75) is 32.3 Å². The number of nitrogens with one attached hydrogen (secondary N) is 3. The average Bonchev–Trinajstić information content (AvgIpc) is 3.11. The molecule has 0 saturated carbocycles. The maximum atomic E-state index is 12.2. The van der Waals surface area contributed by atoms with Gasteiger partial charge in [-0.3, -0.25) is 14.4 Å². The molecule has 0 heterocycles. The van der Waals surface area contributed by atoms with Gasteiger partial charge in [-0.25, -0.2) is 4.79 Å². The molecule has 0 atom stereocenters. The lowest BCUT2D eigenvalue weighted by Crippen LogP contribution is -2.44. The van der Waals surface area contributed by atoms with Crippen LogP contribution < -0.4 is 16.0 Å². The molecule has 0 unspecified atom stereocenters. The molecule has 1 aliphatic carbocycles. The summed E-state index contributed by atoms with van der Waals surface area (Å²) in [6, 6.07) is 16.0. The predicted octanol–water partition coefficient (Wildman–Crippen LogP) is 2.10. The number of ether oxygens (including phenoxy) is 2. The number of esters is 1. The zero-order valence-corrected chi connectivity index (χ0v) is 19.5. The highest BCUT2D eigenvalue weighted by Crippen LogP contribution is 2.44. The van der Waals surface area contributed by atoms with Gasteiger partial charge in [-0.1, -0.05) is 48.5 Å². The molecule has 2 aromatic carbocycles. The maximum Gasteiger partial charge on any atom is 0.408 e. The molecule has 0 saturated heterocycles. The number of hydrogen-bond donors (Lipinski definition) is 3. The normalized spacial score (nSPS) is 12.2. The molecule has 0 fully saturated rings. The van der Waals surface area contributed by atoms with E-state index in [1.165, 1.54) is 0 Å². The Balaban J connectivity index is 1.37. The van der Waals surface area contributed by atoms with Crippen molar-refractivity contribution in [2.75, 3.05) is 26.2 Å². The van der Waals surface area contributed by atoms with Crippen molar-refractivity contribution < 1.29 is 28.7 Å². The highest BCUT2D eigenvalue weighted by atomic mass is 16.6. The molecule has 0 aliphatic heterocycles. The van der Waals surface area contributed by atoms with Crippen molar-refractivity contribution in [1.29, 1.82) is 0 Å². The first-order valence-corrected chi connectivity index (χ1v) is 11.0. The minimum Gasteiger partial charge on any atom is -0.463 e. The van der Waals surface area contributed by atoms with Crippen molar-refractivity contribution >= 4 is 23.9 Å². The average molecular weight is 468 g/mol. The second-order valence-electron chi connectivity index (χ2n) is 8.82. The van der Waals surface area contributed by atoms with Crippen LogP contribution in [0.15, 0.2) is 48.5 Å². The number of amides is 3. The Morgan fingerprint density at radius 1 is 0.765 bits per heavy atom. The van der Waals surface area contributed by atoms with E-state index >= 15 is 0 Å². The lowest BCUT2D eigenvalue weighted by atomic mass is 9.98. The van der Waals surface area contributed by atoms with Crippen LogP contribution in [0.4, 0.5) is 4.79 Å². The van der Waals surface area contributed by atoms with E-state index in [0.29, 0.717) is 0 Å². The van der Waals surface area contributed by atoms with Crippen molar-refractivity contribution in [2.24, 2.45) is 0 Å². The molecule has 0 spiro atoms. The lowest BCUT2D eigenvalue weighted by molar-refractivity contribution is -0.144. The molecule has 0 aromatic heterocycles. The summed E-state index contributed by atoms with van der Waals surface area (Å²) in [5.41, 5.74) is 3.78. The Morgan fingerprint density at radius 3 is 1.82 bits per heavy atom. The Morgan fingerprint density at radius 2 is 1.26 bits per heavy atom. The van der Waals surface area contributed by atoms with Gasteiger partial charge in [0.05, 0.1) is 6.54 Å². The number of carbonyl (C=O) groups is 4. The smallest absolute Gasteiger partial charge is 0.408 e. The minimum atomic E-state index is -0.734. The second kappa shape index (κ2) is 10.8. The van der Waals surface area contributed by atoms with E-state index in [1.54, 1.807) is 20.8 Å². The van der Waals surface area contributed by atoms with Gasteiger partial charge in [0, 0.05) is 5.92 Å². The van der Waals surface area contributed by atoms with Crippen LogP contribution in [0.1, 0.15) is 37.8 Å². The number of rotatable bonds is 8. The summed E-state index contributed by atoms with van der Waals surface area (Å²) < 4.78 is 10.4. The quantitative estimate of drug-likeness (QED) is 0.511. The van der Waals surface area contributed by atoms with Gasteiger partial charge in [-0.05, 0) is 43.0 Å². The summed E-state index contributed by atoms with van der Waals surface area (Å²) in [5.74, 6) is -1.77. The fourth-order valence-corrected chi connectivity index (χ4v) is 3.61. The highest BCUT2D eigenvalue weighted by Gasteiger charge is 2.29. The first kappa shape index (κ1) is 24.8. The topological polar surface area (TPSA) is 123 Å². The molecule has 180 valence electrons. The van der Waals surface area contributed by atoms with E-state index in [1.807, 2.05) is 48.5 Å². The number of benzene rings is 2. The fourth-order valence-electron chi connectivity index (χ4n) is 3.61. The van der Waals surface area contributed by atoms with Crippen molar-refractivity contribution in [1.82, 2.24) is 16.0 Å². The summed E-state index contributed by atoms with van der Waals surface area (Å²) in [5, 5.41) is 7.05.